The first kappa shape index (κ1) is 11.0. The summed E-state index contributed by atoms with van der Waals surface area (Å²) in [7, 11) is -1.16. The van der Waals surface area contributed by atoms with Crippen molar-refractivity contribution in [3.05, 3.63) is 27.7 Å². The van der Waals surface area contributed by atoms with Crippen molar-refractivity contribution in [3.8, 4) is 0 Å². The van der Waals surface area contributed by atoms with Crippen LogP contribution in [0.3, 0.4) is 0 Å². The lowest BCUT2D eigenvalue weighted by atomic mass is 10.2. The van der Waals surface area contributed by atoms with Gasteiger partial charge in [0.1, 0.15) is 0 Å². The highest BCUT2D eigenvalue weighted by Gasteiger charge is 2.19. The quantitative estimate of drug-likeness (QED) is 0.674. The van der Waals surface area contributed by atoms with Crippen LogP contribution >= 0.6 is 15.9 Å². The monoisotopic (exact) mass is 256 g/mol. The number of rotatable bonds is 1. The van der Waals surface area contributed by atoms with E-state index in [0.29, 0.717) is 0 Å². The second-order valence-corrected chi connectivity index (χ2v) is 10.6. The average Bonchev–Trinajstić information content (AvgIpc) is 1.94. The van der Waals surface area contributed by atoms with Gasteiger partial charge in [-0.25, -0.2) is 0 Å². The predicted molar refractivity (Wildman–Crippen MR) is 66.6 cm³/mol. The molecule has 0 atom stereocenters. The van der Waals surface area contributed by atoms with Gasteiger partial charge in [0.2, 0.25) is 0 Å². The van der Waals surface area contributed by atoms with Gasteiger partial charge in [-0.1, -0.05) is 52.4 Å². The van der Waals surface area contributed by atoms with E-state index in [9.17, 15) is 0 Å². The molecule has 0 aliphatic carbocycles. The molecule has 0 heterocycles. The number of aryl methyl sites for hydroxylation is 2. The molecule has 0 unspecified atom stereocenters. The third-order valence-electron chi connectivity index (χ3n) is 2.31. The van der Waals surface area contributed by atoms with Crippen molar-refractivity contribution in [2.45, 2.75) is 33.5 Å². The van der Waals surface area contributed by atoms with Crippen molar-refractivity contribution in [2.75, 3.05) is 0 Å². The molecule has 0 saturated heterocycles. The minimum absolute atomic E-state index is 1.16. The molecule has 0 aliphatic heterocycles. The summed E-state index contributed by atoms with van der Waals surface area (Å²) in [5.41, 5.74) is 2.78. The molecular formula is C11H17BrSi. The maximum Gasteiger partial charge on any atom is 0.0779 e. The molecule has 0 spiro atoms. The van der Waals surface area contributed by atoms with E-state index in [-0.39, 0.29) is 0 Å². The number of hydrogen-bond donors (Lipinski definition) is 0. The summed E-state index contributed by atoms with van der Waals surface area (Å²) < 4.78 is 1.25. The van der Waals surface area contributed by atoms with Gasteiger partial charge in [0.05, 0.1) is 8.07 Å². The highest BCUT2D eigenvalue weighted by atomic mass is 79.9. The van der Waals surface area contributed by atoms with Crippen molar-refractivity contribution < 1.29 is 0 Å². The molecule has 0 fully saturated rings. The van der Waals surface area contributed by atoms with Gasteiger partial charge in [0, 0.05) is 4.47 Å². The zero-order valence-electron chi connectivity index (χ0n) is 9.03. The predicted octanol–water partition coefficient (Wildman–Crippen LogP) is 3.61. The Hall–Kier alpha value is -0.0831. The van der Waals surface area contributed by atoms with Gasteiger partial charge >= 0.3 is 0 Å². The van der Waals surface area contributed by atoms with Gasteiger partial charge in [-0.15, -0.1) is 0 Å². The summed E-state index contributed by atoms with van der Waals surface area (Å²) in [5.74, 6) is 0. The van der Waals surface area contributed by atoms with Crippen LogP contribution in [0.4, 0.5) is 0 Å². The fraction of sp³-hybridized carbons (Fsp3) is 0.455. The van der Waals surface area contributed by atoms with Crippen LogP contribution in [0.5, 0.6) is 0 Å². The van der Waals surface area contributed by atoms with Crippen LogP contribution in [0.25, 0.3) is 0 Å². The van der Waals surface area contributed by atoms with Crippen LogP contribution in [-0.4, -0.2) is 8.07 Å². The lowest BCUT2D eigenvalue weighted by Crippen LogP contribution is -2.39. The molecule has 2 heteroatoms. The third-order valence-corrected chi connectivity index (χ3v) is 5.32. The van der Waals surface area contributed by atoms with E-state index in [1.807, 2.05) is 0 Å². The van der Waals surface area contributed by atoms with Gasteiger partial charge in [-0.3, -0.25) is 0 Å². The lowest BCUT2D eigenvalue weighted by molar-refractivity contribution is 1.37. The molecular weight excluding hydrogens is 240 g/mol. The van der Waals surface area contributed by atoms with E-state index in [1.54, 1.807) is 5.19 Å². The first-order valence-electron chi connectivity index (χ1n) is 4.59. The second-order valence-electron chi connectivity index (χ2n) is 4.67. The van der Waals surface area contributed by atoms with Gasteiger partial charge in [-0.05, 0) is 25.5 Å². The van der Waals surface area contributed by atoms with Gasteiger partial charge in [0.15, 0.2) is 0 Å². The summed E-state index contributed by atoms with van der Waals surface area (Å²) in [6.07, 6.45) is 0. The molecule has 72 valence electrons. The molecule has 13 heavy (non-hydrogen) atoms. The molecule has 0 saturated carbocycles. The zero-order valence-corrected chi connectivity index (χ0v) is 11.6. The summed E-state index contributed by atoms with van der Waals surface area (Å²) >= 11 is 3.59. The summed E-state index contributed by atoms with van der Waals surface area (Å²) in [6, 6.07) is 4.58. The first-order chi connectivity index (χ1) is 5.82. The van der Waals surface area contributed by atoms with Crippen molar-refractivity contribution >= 4 is 29.2 Å². The van der Waals surface area contributed by atoms with Crippen LogP contribution in [0, 0.1) is 13.8 Å². The van der Waals surface area contributed by atoms with Crippen LogP contribution < -0.4 is 5.19 Å². The lowest BCUT2D eigenvalue weighted by Gasteiger charge is -2.20. The number of halogens is 1. The number of benzene rings is 1. The van der Waals surface area contributed by atoms with Crippen LogP contribution in [0.15, 0.2) is 16.6 Å². The highest BCUT2D eigenvalue weighted by Crippen LogP contribution is 2.18. The Labute approximate surface area is 90.5 Å². The molecule has 1 aromatic carbocycles. The smallest absolute Gasteiger partial charge is 0.0656 e. The fourth-order valence-corrected chi connectivity index (χ4v) is 4.02. The molecule has 1 aromatic rings. The Morgan fingerprint density at radius 3 is 2.00 bits per heavy atom. The maximum atomic E-state index is 3.59. The molecule has 1 rings (SSSR count). The Morgan fingerprint density at radius 2 is 1.54 bits per heavy atom. The van der Waals surface area contributed by atoms with E-state index >= 15 is 0 Å². The Kier molecular flexibility index (Phi) is 3.03. The van der Waals surface area contributed by atoms with Gasteiger partial charge in [0.25, 0.3) is 0 Å². The SMILES string of the molecule is Cc1cc(C)c([Si](C)(C)C)cc1Br. The molecule has 0 nitrogen and oxygen atoms in total. The maximum absolute atomic E-state index is 3.59. The normalized spacial score (nSPS) is 11.8. The zero-order chi connectivity index (χ0) is 10.2. The van der Waals surface area contributed by atoms with Crippen molar-refractivity contribution in [1.29, 1.82) is 0 Å². The molecule has 0 N–H and O–H groups in total. The Morgan fingerprint density at radius 1 is 1.00 bits per heavy atom. The largest absolute Gasteiger partial charge is 0.0779 e. The van der Waals surface area contributed by atoms with Crippen molar-refractivity contribution in [1.82, 2.24) is 0 Å². The molecule has 0 aliphatic rings. The first-order valence-corrected chi connectivity index (χ1v) is 8.89. The molecule has 0 bridgehead atoms. The molecule has 0 radical (unpaired) electrons. The minimum atomic E-state index is -1.16. The summed E-state index contributed by atoms with van der Waals surface area (Å²) in [4.78, 5) is 0. The Balaban J connectivity index is 3.32. The Bertz CT molecular complexity index is 324. The van der Waals surface area contributed by atoms with Gasteiger partial charge in [-0.2, -0.15) is 0 Å². The molecule has 0 aromatic heterocycles. The van der Waals surface area contributed by atoms with Crippen LogP contribution in [-0.2, 0) is 0 Å². The molecule has 0 amide bonds. The van der Waals surface area contributed by atoms with E-state index in [0.717, 1.165) is 0 Å². The minimum Gasteiger partial charge on any atom is -0.0656 e. The van der Waals surface area contributed by atoms with Crippen LogP contribution in [0.1, 0.15) is 11.1 Å². The average molecular weight is 257 g/mol. The van der Waals surface area contributed by atoms with E-state index < -0.39 is 8.07 Å². The second kappa shape index (κ2) is 3.58. The van der Waals surface area contributed by atoms with Crippen molar-refractivity contribution in [3.63, 3.8) is 0 Å². The highest BCUT2D eigenvalue weighted by molar-refractivity contribution is 9.10. The van der Waals surface area contributed by atoms with Gasteiger partial charge < -0.3 is 0 Å². The van der Waals surface area contributed by atoms with E-state index in [4.69, 9.17) is 0 Å². The van der Waals surface area contributed by atoms with Crippen molar-refractivity contribution in [2.24, 2.45) is 0 Å². The number of hydrogen-bond acceptors (Lipinski definition) is 0. The third kappa shape index (κ3) is 2.44. The topological polar surface area (TPSA) is 0 Å². The fourth-order valence-electron chi connectivity index (χ4n) is 1.63. The summed E-state index contributed by atoms with van der Waals surface area (Å²) in [6.45, 7) is 11.5. The summed E-state index contributed by atoms with van der Waals surface area (Å²) in [5, 5.41) is 1.56. The van der Waals surface area contributed by atoms with E-state index in [1.165, 1.54) is 15.6 Å². The standard InChI is InChI=1S/C11H17BrSi/c1-8-6-9(2)11(7-10(8)12)13(3,4)5/h6-7H,1-5H3. The van der Waals surface area contributed by atoms with Crippen LogP contribution in [0.2, 0.25) is 19.6 Å². The van der Waals surface area contributed by atoms with E-state index in [2.05, 4.69) is 61.6 Å².